The highest BCUT2D eigenvalue weighted by Crippen LogP contribution is 2.21. The van der Waals surface area contributed by atoms with E-state index in [1.54, 1.807) is 35.6 Å². The van der Waals surface area contributed by atoms with E-state index in [0.29, 0.717) is 23.2 Å². The summed E-state index contributed by atoms with van der Waals surface area (Å²) in [6.45, 7) is 1.62. The Morgan fingerprint density at radius 3 is 3.09 bits per heavy atom. The minimum atomic E-state index is -0.130. The molecular formula is C15H13N3O3S. The standard InChI is InChI=1S/C15H13N3O3S/c1-10(19)16-12-3-2-4-13(7-12)20-8-14-17-15(18-21-14)11-5-6-22-9-11/h2-7,9H,8H2,1H3,(H,16,19). The Kier molecular flexibility index (Phi) is 4.15. The molecule has 0 atom stereocenters. The second kappa shape index (κ2) is 6.40. The highest BCUT2D eigenvalue weighted by atomic mass is 32.1. The molecule has 3 rings (SSSR count). The van der Waals surface area contributed by atoms with Gasteiger partial charge in [0.15, 0.2) is 6.61 Å². The van der Waals surface area contributed by atoms with Crippen molar-refractivity contribution in [2.75, 3.05) is 5.32 Å². The fourth-order valence-electron chi connectivity index (χ4n) is 1.83. The molecule has 0 fully saturated rings. The Bertz CT molecular complexity index is 768. The van der Waals surface area contributed by atoms with Crippen molar-refractivity contribution >= 4 is 22.9 Å². The molecule has 3 aromatic rings. The molecule has 0 saturated carbocycles. The van der Waals surface area contributed by atoms with E-state index in [4.69, 9.17) is 9.26 Å². The molecule has 2 aromatic heterocycles. The van der Waals surface area contributed by atoms with Crippen LogP contribution in [-0.4, -0.2) is 16.0 Å². The van der Waals surface area contributed by atoms with Crippen LogP contribution in [0.2, 0.25) is 0 Å². The zero-order valence-electron chi connectivity index (χ0n) is 11.8. The van der Waals surface area contributed by atoms with Gasteiger partial charge in [0.1, 0.15) is 5.75 Å². The Labute approximate surface area is 130 Å². The molecule has 0 spiro atoms. The molecule has 22 heavy (non-hydrogen) atoms. The summed E-state index contributed by atoms with van der Waals surface area (Å²) in [7, 11) is 0. The lowest BCUT2D eigenvalue weighted by Gasteiger charge is -2.06. The molecule has 0 aliphatic carbocycles. The number of thiophene rings is 1. The van der Waals surface area contributed by atoms with Crippen molar-refractivity contribution in [3.8, 4) is 17.1 Å². The molecule has 7 heteroatoms. The van der Waals surface area contributed by atoms with Gasteiger partial charge in [-0.2, -0.15) is 16.3 Å². The van der Waals surface area contributed by atoms with E-state index in [-0.39, 0.29) is 12.5 Å². The minimum Gasteiger partial charge on any atom is -0.484 e. The van der Waals surface area contributed by atoms with Crippen molar-refractivity contribution in [2.45, 2.75) is 13.5 Å². The average molecular weight is 315 g/mol. The van der Waals surface area contributed by atoms with Gasteiger partial charge >= 0.3 is 0 Å². The summed E-state index contributed by atoms with van der Waals surface area (Å²) < 4.78 is 10.8. The Balaban J connectivity index is 1.64. The lowest BCUT2D eigenvalue weighted by Crippen LogP contribution is -2.05. The van der Waals surface area contributed by atoms with Crippen molar-refractivity contribution in [2.24, 2.45) is 0 Å². The summed E-state index contributed by atoms with van der Waals surface area (Å²) in [5.41, 5.74) is 1.60. The number of hydrogen-bond donors (Lipinski definition) is 1. The minimum absolute atomic E-state index is 0.130. The lowest BCUT2D eigenvalue weighted by atomic mass is 10.3. The first-order valence-corrected chi connectivity index (χ1v) is 7.50. The van der Waals surface area contributed by atoms with Gasteiger partial charge in [0.2, 0.25) is 11.7 Å². The second-order valence-electron chi connectivity index (χ2n) is 4.52. The maximum atomic E-state index is 11.0. The van der Waals surface area contributed by atoms with Gasteiger partial charge in [0, 0.05) is 29.6 Å². The number of benzene rings is 1. The quantitative estimate of drug-likeness (QED) is 0.781. The number of nitrogens with one attached hydrogen (secondary N) is 1. The first-order chi connectivity index (χ1) is 10.7. The van der Waals surface area contributed by atoms with E-state index >= 15 is 0 Å². The molecule has 0 bridgehead atoms. The fraction of sp³-hybridized carbons (Fsp3) is 0.133. The Morgan fingerprint density at radius 1 is 1.41 bits per heavy atom. The van der Waals surface area contributed by atoms with E-state index in [0.717, 1.165) is 5.56 Å². The molecule has 2 heterocycles. The number of carbonyl (C=O) groups is 1. The maximum absolute atomic E-state index is 11.0. The number of rotatable bonds is 5. The fourth-order valence-corrected chi connectivity index (χ4v) is 2.47. The molecule has 0 saturated heterocycles. The maximum Gasteiger partial charge on any atom is 0.264 e. The first-order valence-electron chi connectivity index (χ1n) is 6.56. The van der Waals surface area contributed by atoms with E-state index in [2.05, 4.69) is 15.5 Å². The smallest absolute Gasteiger partial charge is 0.264 e. The Morgan fingerprint density at radius 2 is 2.32 bits per heavy atom. The van der Waals surface area contributed by atoms with Gasteiger partial charge in [-0.25, -0.2) is 0 Å². The van der Waals surface area contributed by atoms with Crippen molar-refractivity contribution in [1.29, 1.82) is 0 Å². The molecule has 112 valence electrons. The van der Waals surface area contributed by atoms with Crippen LogP contribution in [0.4, 0.5) is 5.69 Å². The molecule has 0 aliphatic heterocycles. The third kappa shape index (κ3) is 3.50. The summed E-state index contributed by atoms with van der Waals surface area (Å²) in [6.07, 6.45) is 0. The number of anilines is 1. The van der Waals surface area contributed by atoms with Crippen LogP contribution in [0.1, 0.15) is 12.8 Å². The number of ether oxygens (including phenoxy) is 1. The van der Waals surface area contributed by atoms with Crippen LogP contribution in [0, 0.1) is 0 Å². The molecule has 1 aromatic carbocycles. The second-order valence-corrected chi connectivity index (χ2v) is 5.30. The summed E-state index contributed by atoms with van der Waals surface area (Å²) >= 11 is 1.57. The van der Waals surface area contributed by atoms with Crippen LogP contribution in [0.3, 0.4) is 0 Å². The number of hydrogen-bond acceptors (Lipinski definition) is 6. The average Bonchev–Trinajstić information content (AvgIpc) is 3.16. The molecule has 0 aliphatic rings. The van der Waals surface area contributed by atoms with Gasteiger partial charge in [-0.15, -0.1) is 0 Å². The highest BCUT2D eigenvalue weighted by Gasteiger charge is 2.09. The van der Waals surface area contributed by atoms with E-state index < -0.39 is 0 Å². The molecule has 0 unspecified atom stereocenters. The summed E-state index contributed by atoms with van der Waals surface area (Å²) in [5.74, 6) is 1.42. The first kappa shape index (κ1) is 14.3. The van der Waals surface area contributed by atoms with Gasteiger partial charge in [0.05, 0.1) is 0 Å². The predicted octanol–water partition coefficient (Wildman–Crippen LogP) is 3.34. The zero-order valence-corrected chi connectivity index (χ0v) is 12.6. The van der Waals surface area contributed by atoms with E-state index in [9.17, 15) is 4.79 Å². The van der Waals surface area contributed by atoms with Crippen LogP contribution in [0.25, 0.3) is 11.4 Å². The number of nitrogens with zero attached hydrogens (tertiary/aromatic N) is 2. The molecule has 1 amide bonds. The highest BCUT2D eigenvalue weighted by molar-refractivity contribution is 7.08. The Hall–Kier alpha value is -2.67. The van der Waals surface area contributed by atoms with Crippen LogP contribution in [-0.2, 0) is 11.4 Å². The van der Waals surface area contributed by atoms with Crippen LogP contribution in [0.5, 0.6) is 5.75 Å². The molecule has 0 radical (unpaired) electrons. The predicted molar refractivity (Wildman–Crippen MR) is 82.7 cm³/mol. The summed E-state index contributed by atoms with van der Waals surface area (Å²) in [4.78, 5) is 15.3. The van der Waals surface area contributed by atoms with Crippen molar-refractivity contribution < 1.29 is 14.1 Å². The summed E-state index contributed by atoms with van der Waals surface area (Å²) in [6, 6.07) is 9.04. The normalized spacial score (nSPS) is 10.4. The lowest BCUT2D eigenvalue weighted by molar-refractivity contribution is -0.114. The monoisotopic (exact) mass is 315 g/mol. The van der Waals surface area contributed by atoms with Crippen molar-refractivity contribution in [3.05, 3.63) is 47.0 Å². The molecule has 6 nitrogen and oxygen atoms in total. The number of amides is 1. The van der Waals surface area contributed by atoms with Gasteiger partial charge in [-0.3, -0.25) is 4.79 Å². The van der Waals surface area contributed by atoms with Gasteiger partial charge in [0.25, 0.3) is 5.89 Å². The number of aromatic nitrogens is 2. The van der Waals surface area contributed by atoms with Gasteiger partial charge in [-0.05, 0) is 23.6 Å². The largest absolute Gasteiger partial charge is 0.484 e. The van der Waals surface area contributed by atoms with Crippen LogP contribution < -0.4 is 10.1 Å². The van der Waals surface area contributed by atoms with Crippen LogP contribution >= 0.6 is 11.3 Å². The van der Waals surface area contributed by atoms with E-state index in [1.807, 2.05) is 16.8 Å². The third-order valence-electron chi connectivity index (χ3n) is 2.76. The molecule has 1 N–H and O–H groups in total. The van der Waals surface area contributed by atoms with Gasteiger partial charge in [-0.1, -0.05) is 11.2 Å². The van der Waals surface area contributed by atoms with Crippen LogP contribution in [0.15, 0.2) is 45.6 Å². The van der Waals surface area contributed by atoms with E-state index in [1.165, 1.54) is 6.92 Å². The molecular weight excluding hydrogens is 302 g/mol. The zero-order chi connectivity index (χ0) is 15.4. The number of carbonyl (C=O) groups excluding carboxylic acids is 1. The van der Waals surface area contributed by atoms with Gasteiger partial charge < -0.3 is 14.6 Å². The summed E-state index contributed by atoms with van der Waals surface area (Å²) in [5, 5.41) is 10.5. The topological polar surface area (TPSA) is 77.2 Å². The third-order valence-corrected chi connectivity index (χ3v) is 3.45. The SMILES string of the molecule is CC(=O)Nc1cccc(OCc2nc(-c3ccsc3)no2)c1. The van der Waals surface area contributed by atoms with Crippen molar-refractivity contribution in [1.82, 2.24) is 10.1 Å². The van der Waals surface area contributed by atoms with Crippen molar-refractivity contribution in [3.63, 3.8) is 0 Å².